The van der Waals surface area contributed by atoms with Gasteiger partial charge in [0.15, 0.2) is 5.82 Å². The van der Waals surface area contributed by atoms with Gasteiger partial charge < -0.3 is 14.3 Å². The molecule has 1 atom stereocenters. The fraction of sp³-hybridized carbons (Fsp3) is 0.565. The molecule has 2 aliphatic rings. The van der Waals surface area contributed by atoms with Gasteiger partial charge in [-0.25, -0.2) is 0 Å². The number of likely N-dealkylation sites (tertiary alicyclic amines) is 1. The van der Waals surface area contributed by atoms with Crippen LogP contribution in [-0.2, 0) is 10.5 Å². The predicted octanol–water partition coefficient (Wildman–Crippen LogP) is 2.83. The molecule has 0 bridgehead atoms. The molecular formula is C23H31N5O3S. The minimum atomic E-state index is 0.0328. The molecule has 2 amide bonds. The van der Waals surface area contributed by atoms with E-state index in [1.807, 2.05) is 34.1 Å². The van der Waals surface area contributed by atoms with Gasteiger partial charge in [0.25, 0.3) is 5.91 Å². The van der Waals surface area contributed by atoms with E-state index >= 15 is 0 Å². The number of piperazine rings is 1. The Morgan fingerprint density at radius 1 is 1.12 bits per heavy atom. The number of amides is 2. The zero-order valence-corrected chi connectivity index (χ0v) is 19.6. The molecule has 9 heteroatoms. The molecule has 0 spiro atoms. The minimum Gasteiger partial charge on any atom is -0.339 e. The van der Waals surface area contributed by atoms with Crippen molar-refractivity contribution in [1.82, 2.24) is 24.8 Å². The molecule has 8 nitrogen and oxygen atoms in total. The van der Waals surface area contributed by atoms with Crippen LogP contribution in [-0.4, -0.2) is 82.0 Å². The van der Waals surface area contributed by atoms with Crippen LogP contribution in [0.5, 0.6) is 0 Å². The number of thioether (sulfide) groups is 1. The molecule has 3 heterocycles. The predicted molar refractivity (Wildman–Crippen MR) is 122 cm³/mol. The molecule has 2 saturated heterocycles. The van der Waals surface area contributed by atoms with Gasteiger partial charge >= 0.3 is 0 Å². The van der Waals surface area contributed by atoms with Crippen LogP contribution in [0.1, 0.15) is 48.3 Å². The van der Waals surface area contributed by atoms with E-state index in [4.69, 9.17) is 4.52 Å². The SMILES string of the molecule is Cc1noc(CSc2ccccc2C(=O)N2CCN(CC(=O)N3CCCCC3C)CC2)n1. The quantitative estimate of drug-likeness (QED) is 0.617. The zero-order chi connectivity index (χ0) is 22.5. The van der Waals surface area contributed by atoms with E-state index < -0.39 is 0 Å². The maximum Gasteiger partial charge on any atom is 0.255 e. The highest BCUT2D eigenvalue weighted by Crippen LogP contribution is 2.27. The summed E-state index contributed by atoms with van der Waals surface area (Å²) in [6, 6.07) is 7.99. The van der Waals surface area contributed by atoms with Crippen molar-refractivity contribution in [3.63, 3.8) is 0 Å². The Morgan fingerprint density at radius 3 is 2.62 bits per heavy atom. The summed E-state index contributed by atoms with van der Waals surface area (Å²) < 4.78 is 5.18. The molecule has 2 aromatic rings. The van der Waals surface area contributed by atoms with Gasteiger partial charge in [0.2, 0.25) is 11.8 Å². The van der Waals surface area contributed by atoms with Gasteiger partial charge in [-0.05, 0) is 45.2 Å². The second-order valence-electron chi connectivity index (χ2n) is 8.52. The minimum absolute atomic E-state index is 0.0328. The van der Waals surface area contributed by atoms with E-state index in [2.05, 4.69) is 22.0 Å². The summed E-state index contributed by atoms with van der Waals surface area (Å²) in [5.74, 6) is 1.93. The first-order valence-corrected chi connectivity index (χ1v) is 12.3. The summed E-state index contributed by atoms with van der Waals surface area (Å²) in [6.45, 7) is 7.94. The molecule has 0 N–H and O–H groups in total. The van der Waals surface area contributed by atoms with Crippen LogP contribution >= 0.6 is 11.8 Å². The number of hydrogen-bond acceptors (Lipinski definition) is 7. The summed E-state index contributed by atoms with van der Waals surface area (Å²) in [6.07, 6.45) is 3.40. The van der Waals surface area contributed by atoms with Crippen molar-refractivity contribution in [2.24, 2.45) is 0 Å². The number of aromatic nitrogens is 2. The van der Waals surface area contributed by atoms with Gasteiger partial charge in [0.1, 0.15) is 0 Å². The van der Waals surface area contributed by atoms with Gasteiger partial charge in [-0.15, -0.1) is 11.8 Å². The smallest absolute Gasteiger partial charge is 0.255 e. The first-order valence-electron chi connectivity index (χ1n) is 11.3. The number of nitrogens with zero attached hydrogens (tertiary/aromatic N) is 5. The Labute approximate surface area is 193 Å². The number of aryl methyl sites for hydroxylation is 1. The summed E-state index contributed by atoms with van der Waals surface area (Å²) in [5, 5.41) is 3.81. The molecule has 1 unspecified atom stereocenters. The molecule has 0 radical (unpaired) electrons. The monoisotopic (exact) mass is 457 g/mol. The Kier molecular flexibility index (Phi) is 7.47. The summed E-state index contributed by atoms with van der Waals surface area (Å²) in [7, 11) is 0. The molecule has 32 heavy (non-hydrogen) atoms. The average molecular weight is 458 g/mol. The molecule has 1 aromatic heterocycles. The highest BCUT2D eigenvalue weighted by molar-refractivity contribution is 7.98. The first kappa shape index (κ1) is 22.8. The Bertz CT molecular complexity index is 941. The van der Waals surface area contributed by atoms with E-state index in [-0.39, 0.29) is 11.8 Å². The topological polar surface area (TPSA) is 82.8 Å². The molecule has 0 saturated carbocycles. The standard InChI is InChI=1S/C23H31N5O3S/c1-17-7-5-6-10-28(17)22(29)15-26-11-13-27(14-12-26)23(30)19-8-3-4-9-20(19)32-16-21-24-18(2)25-31-21/h3-4,8-9,17H,5-7,10-16H2,1-2H3. The molecule has 2 aliphatic heterocycles. The van der Waals surface area contributed by atoms with Gasteiger partial charge in [-0.1, -0.05) is 17.3 Å². The lowest BCUT2D eigenvalue weighted by atomic mass is 10.0. The lowest BCUT2D eigenvalue weighted by molar-refractivity contribution is -0.136. The molecular weight excluding hydrogens is 426 g/mol. The Morgan fingerprint density at radius 2 is 1.91 bits per heavy atom. The molecule has 1 aromatic carbocycles. The molecule has 4 rings (SSSR count). The van der Waals surface area contributed by atoms with E-state index in [1.54, 1.807) is 6.92 Å². The maximum absolute atomic E-state index is 13.2. The number of benzene rings is 1. The van der Waals surface area contributed by atoms with Crippen LogP contribution in [0.25, 0.3) is 0 Å². The van der Waals surface area contributed by atoms with Gasteiger partial charge in [0, 0.05) is 43.7 Å². The third kappa shape index (κ3) is 5.50. The van der Waals surface area contributed by atoms with Crippen LogP contribution in [0, 0.1) is 6.92 Å². The van der Waals surface area contributed by atoms with Crippen molar-refractivity contribution in [3.8, 4) is 0 Å². The number of carbonyl (C=O) groups excluding carboxylic acids is 2. The van der Waals surface area contributed by atoms with Gasteiger partial charge in [-0.3, -0.25) is 14.5 Å². The number of hydrogen-bond donors (Lipinski definition) is 0. The van der Waals surface area contributed by atoms with Crippen LogP contribution < -0.4 is 0 Å². The average Bonchev–Trinajstić information content (AvgIpc) is 3.23. The lowest BCUT2D eigenvalue weighted by Gasteiger charge is -2.38. The lowest BCUT2D eigenvalue weighted by Crippen LogP contribution is -2.53. The Balaban J connectivity index is 1.31. The maximum atomic E-state index is 13.2. The van der Waals surface area contributed by atoms with E-state index in [1.165, 1.54) is 18.2 Å². The van der Waals surface area contributed by atoms with Crippen molar-refractivity contribution < 1.29 is 14.1 Å². The molecule has 2 fully saturated rings. The molecule has 0 aliphatic carbocycles. The van der Waals surface area contributed by atoms with E-state index in [0.29, 0.717) is 48.7 Å². The van der Waals surface area contributed by atoms with Gasteiger partial charge in [-0.2, -0.15) is 4.98 Å². The zero-order valence-electron chi connectivity index (χ0n) is 18.8. The summed E-state index contributed by atoms with van der Waals surface area (Å²) >= 11 is 1.53. The largest absolute Gasteiger partial charge is 0.339 e. The number of carbonyl (C=O) groups is 2. The van der Waals surface area contributed by atoms with Crippen molar-refractivity contribution in [3.05, 3.63) is 41.5 Å². The third-order valence-electron chi connectivity index (χ3n) is 6.18. The van der Waals surface area contributed by atoms with Crippen molar-refractivity contribution in [2.45, 2.75) is 49.8 Å². The fourth-order valence-corrected chi connectivity index (χ4v) is 5.22. The van der Waals surface area contributed by atoms with Crippen molar-refractivity contribution >= 4 is 23.6 Å². The third-order valence-corrected chi connectivity index (χ3v) is 7.24. The fourth-order valence-electron chi connectivity index (χ4n) is 4.34. The second-order valence-corrected chi connectivity index (χ2v) is 9.54. The van der Waals surface area contributed by atoms with E-state index in [0.717, 1.165) is 37.4 Å². The summed E-state index contributed by atoms with van der Waals surface area (Å²) in [4.78, 5) is 37.2. The van der Waals surface area contributed by atoms with Crippen molar-refractivity contribution in [1.29, 1.82) is 0 Å². The summed E-state index contributed by atoms with van der Waals surface area (Å²) in [5.41, 5.74) is 0.695. The van der Waals surface area contributed by atoms with Gasteiger partial charge in [0.05, 0.1) is 17.9 Å². The van der Waals surface area contributed by atoms with Crippen LogP contribution in [0.2, 0.25) is 0 Å². The number of rotatable bonds is 6. The highest BCUT2D eigenvalue weighted by Gasteiger charge is 2.28. The second kappa shape index (κ2) is 10.5. The first-order chi connectivity index (χ1) is 15.5. The highest BCUT2D eigenvalue weighted by atomic mass is 32.2. The van der Waals surface area contributed by atoms with Crippen LogP contribution in [0.15, 0.2) is 33.7 Å². The number of piperidine rings is 1. The molecule has 172 valence electrons. The Hall–Kier alpha value is -2.39. The van der Waals surface area contributed by atoms with Crippen LogP contribution in [0.4, 0.5) is 0 Å². The van der Waals surface area contributed by atoms with Crippen molar-refractivity contribution in [2.75, 3.05) is 39.3 Å². The normalized spacial score (nSPS) is 19.9. The van der Waals surface area contributed by atoms with Crippen LogP contribution in [0.3, 0.4) is 0 Å². The van der Waals surface area contributed by atoms with E-state index in [9.17, 15) is 9.59 Å².